The zero-order valence-corrected chi connectivity index (χ0v) is 7.39. The molecule has 0 saturated heterocycles. The monoisotopic (exact) mass is 160 g/mol. The van der Waals surface area contributed by atoms with Crippen molar-refractivity contribution in [2.75, 3.05) is 0 Å². The molecule has 0 aliphatic rings. The predicted octanol–water partition coefficient (Wildman–Crippen LogP) is 3.11. The van der Waals surface area contributed by atoms with Gasteiger partial charge in [0.2, 0.25) is 0 Å². The van der Waals surface area contributed by atoms with Gasteiger partial charge in [-0.2, -0.15) is 0 Å². The van der Waals surface area contributed by atoms with Gasteiger partial charge in [-0.05, 0) is 22.5 Å². The molecule has 0 nitrogen and oxygen atoms in total. The molecule has 0 aliphatic carbocycles. The molecular weight excluding hydrogens is 148 g/mol. The number of rotatable bonds is 3. The molecule has 0 N–H and O–H groups in total. The van der Waals surface area contributed by atoms with Gasteiger partial charge in [0.25, 0.3) is 0 Å². The summed E-state index contributed by atoms with van der Waals surface area (Å²) >= 11 is 3.89. The molecule has 0 atom stereocenters. The summed E-state index contributed by atoms with van der Waals surface area (Å²) in [7, 11) is 1.29. The SMILES string of the molecule is CCCCCC#CSS. The fourth-order valence-electron chi connectivity index (χ4n) is 0.547. The number of unbranched alkanes of at least 4 members (excludes halogenated alkanes) is 3. The first-order valence-corrected chi connectivity index (χ1v) is 5.07. The molecule has 0 aromatic carbocycles. The highest BCUT2D eigenvalue weighted by Crippen LogP contribution is 2.01. The van der Waals surface area contributed by atoms with E-state index in [0.717, 1.165) is 6.42 Å². The van der Waals surface area contributed by atoms with Crippen LogP contribution in [-0.2, 0) is 0 Å². The van der Waals surface area contributed by atoms with Crippen molar-refractivity contribution >= 4 is 22.5 Å². The Labute approximate surface area is 66.6 Å². The zero-order valence-electron chi connectivity index (χ0n) is 5.68. The smallest absolute Gasteiger partial charge is 0.00979 e. The third-order valence-electron chi connectivity index (χ3n) is 1.02. The van der Waals surface area contributed by atoms with Gasteiger partial charge in [0.05, 0.1) is 0 Å². The minimum Gasteiger partial charge on any atom is -0.0976 e. The average Bonchev–Trinajstić information content (AvgIpc) is 1.89. The lowest BCUT2D eigenvalue weighted by atomic mass is 10.2. The molecule has 0 rings (SSSR count). The lowest BCUT2D eigenvalue weighted by Crippen LogP contribution is -1.69. The van der Waals surface area contributed by atoms with E-state index in [4.69, 9.17) is 0 Å². The van der Waals surface area contributed by atoms with E-state index in [1.807, 2.05) is 0 Å². The van der Waals surface area contributed by atoms with Crippen LogP contribution >= 0.6 is 22.5 Å². The van der Waals surface area contributed by atoms with Crippen molar-refractivity contribution in [3.63, 3.8) is 0 Å². The Morgan fingerprint density at radius 3 is 2.78 bits per heavy atom. The minimum atomic E-state index is 1.03. The van der Waals surface area contributed by atoms with Gasteiger partial charge in [0.1, 0.15) is 0 Å². The van der Waals surface area contributed by atoms with E-state index in [1.54, 1.807) is 0 Å². The van der Waals surface area contributed by atoms with E-state index in [9.17, 15) is 0 Å². The molecule has 0 radical (unpaired) electrons. The van der Waals surface area contributed by atoms with Crippen LogP contribution in [0.25, 0.3) is 0 Å². The highest BCUT2D eigenvalue weighted by molar-refractivity contribution is 8.70. The Hall–Kier alpha value is 0.260. The molecule has 9 heavy (non-hydrogen) atoms. The average molecular weight is 160 g/mol. The topological polar surface area (TPSA) is 0 Å². The summed E-state index contributed by atoms with van der Waals surface area (Å²) in [6, 6.07) is 0. The Bertz CT molecular complexity index is 99.2. The van der Waals surface area contributed by atoms with Crippen LogP contribution in [0.15, 0.2) is 0 Å². The molecule has 0 aromatic rings. The van der Waals surface area contributed by atoms with E-state index >= 15 is 0 Å². The summed E-state index contributed by atoms with van der Waals surface area (Å²) in [5.74, 6) is 3.01. The van der Waals surface area contributed by atoms with Crippen LogP contribution in [0.3, 0.4) is 0 Å². The van der Waals surface area contributed by atoms with Crippen LogP contribution in [-0.4, -0.2) is 0 Å². The quantitative estimate of drug-likeness (QED) is 0.286. The Kier molecular flexibility index (Phi) is 8.50. The lowest BCUT2D eigenvalue weighted by molar-refractivity contribution is 0.737. The highest BCUT2D eigenvalue weighted by atomic mass is 33.1. The van der Waals surface area contributed by atoms with Gasteiger partial charge in [0, 0.05) is 6.42 Å². The zero-order chi connectivity index (χ0) is 6.95. The summed E-state index contributed by atoms with van der Waals surface area (Å²) in [5.41, 5.74) is 0. The summed E-state index contributed by atoms with van der Waals surface area (Å²) < 4.78 is 0. The molecule has 0 unspecified atom stereocenters. The van der Waals surface area contributed by atoms with E-state index in [2.05, 4.69) is 29.8 Å². The van der Waals surface area contributed by atoms with E-state index in [-0.39, 0.29) is 0 Å². The summed E-state index contributed by atoms with van der Waals surface area (Å²) in [6.45, 7) is 2.20. The highest BCUT2D eigenvalue weighted by Gasteiger charge is 1.79. The van der Waals surface area contributed by atoms with E-state index in [1.165, 1.54) is 30.1 Å². The first-order chi connectivity index (χ1) is 4.41. The van der Waals surface area contributed by atoms with Crippen molar-refractivity contribution in [3.05, 3.63) is 0 Å². The van der Waals surface area contributed by atoms with Gasteiger partial charge in [-0.1, -0.05) is 37.3 Å². The van der Waals surface area contributed by atoms with Crippen LogP contribution < -0.4 is 0 Å². The summed E-state index contributed by atoms with van der Waals surface area (Å²) in [6.07, 6.45) is 4.83. The van der Waals surface area contributed by atoms with Gasteiger partial charge in [0.15, 0.2) is 0 Å². The van der Waals surface area contributed by atoms with Crippen molar-refractivity contribution in [1.29, 1.82) is 0 Å². The van der Waals surface area contributed by atoms with Crippen molar-refractivity contribution in [2.24, 2.45) is 0 Å². The third-order valence-corrected chi connectivity index (χ3v) is 1.53. The van der Waals surface area contributed by atoms with Crippen molar-refractivity contribution in [3.8, 4) is 11.2 Å². The maximum atomic E-state index is 3.89. The molecule has 0 fully saturated rings. The van der Waals surface area contributed by atoms with Crippen LogP contribution in [0.2, 0.25) is 0 Å². The molecule has 52 valence electrons. The van der Waals surface area contributed by atoms with Gasteiger partial charge >= 0.3 is 0 Å². The van der Waals surface area contributed by atoms with Crippen LogP contribution in [0.1, 0.15) is 32.6 Å². The fourth-order valence-corrected chi connectivity index (χ4v) is 0.907. The van der Waals surface area contributed by atoms with E-state index < -0.39 is 0 Å². The van der Waals surface area contributed by atoms with E-state index in [0.29, 0.717) is 0 Å². The minimum absolute atomic E-state index is 1.03. The Balaban J connectivity index is 2.90. The van der Waals surface area contributed by atoms with Gasteiger partial charge in [-0.15, -0.1) is 0 Å². The molecule has 0 amide bonds. The van der Waals surface area contributed by atoms with Crippen LogP contribution in [0.5, 0.6) is 0 Å². The second-order valence-electron chi connectivity index (χ2n) is 1.83. The third kappa shape index (κ3) is 8.26. The van der Waals surface area contributed by atoms with Crippen molar-refractivity contribution in [2.45, 2.75) is 32.6 Å². The molecule has 0 heterocycles. The molecule has 0 aliphatic heterocycles. The summed E-state index contributed by atoms with van der Waals surface area (Å²) in [5, 5.41) is 2.84. The standard InChI is InChI=1S/C7H12S2/c1-2-3-4-5-6-7-9-8/h8H,2-5H2,1H3. The Morgan fingerprint density at radius 1 is 1.44 bits per heavy atom. The second kappa shape index (κ2) is 8.26. The second-order valence-corrected chi connectivity index (χ2v) is 2.76. The lowest BCUT2D eigenvalue weighted by Gasteiger charge is -1.86. The predicted molar refractivity (Wildman–Crippen MR) is 48.5 cm³/mol. The largest absolute Gasteiger partial charge is 0.0976 e. The molecule has 0 spiro atoms. The normalized spacial score (nSPS) is 8.22. The Morgan fingerprint density at radius 2 is 2.22 bits per heavy atom. The summed E-state index contributed by atoms with van der Waals surface area (Å²) in [4.78, 5) is 0. The molecule has 2 heteroatoms. The van der Waals surface area contributed by atoms with Gasteiger partial charge in [-0.25, -0.2) is 0 Å². The van der Waals surface area contributed by atoms with Crippen molar-refractivity contribution in [1.82, 2.24) is 0 Å². The van der Waals surface area contributed by atoms with Crippen LogP contribution in [0.4, 0.5) is 0 Å². The fraction of sp³-hybridized carbons (Fsp3) is 0.714. The number of hydrogen-bond donors (Lipinski definition) is 1. The molecule has 0 aromatic heterocycles. The first kappa shape index (κ1) is 9.26. The number of hydrogen-bond acceptors (Lipinski definition) is 2. The van der Waals surface area contributed by atoms with Gasteiger partial charge in [-0.3, -0.25) is 0 Å². The maximum Gasteiger partial charge on any atom is 0.00979 e. The van der Waals surface area contributed by atoms with Crippen LogP contribution in [0, 0.1) is 11.2 Å². The molecule has 0 bridgehead atoms. The molecular formula is C7H12S2. The van der Waals surface area contributed by atoms with Gasteiger partial charge < -0.3 is 0 Å². The maximum absolute atomic E-state index is 3.89. The number of thiol groups is 1. The first-order valence-electron chi connectivity index (χ1n) is 3.20. The molecule has 0 saturated carbocycles. The van der Waals surface area contributed by atoms with Crippen molar-refractivity contribution < 1.29 is 0 Å².